The predicted molar refractivity (Wildman–Crippen MR) is 230 cm³/mol. The van der Waals surface area contributed by atoms with Crippen LogP contribution in [0.5, 0.6) is 0 Å². The van der Waals surface area contributed by atoms with Gasteiger partial charge in [-0.3, -0.25) is 9.13 Å². The van der Waals surface area contributed by atoms with Gasteiger partial charge in [0.2, 0.25) is 5.95 Å². The molecule has 0 saturated carbocycles. The normalized spacial score (nSPS) is 11.9. The lowest BCUT2D eigenvalue weighted by Crippen LogP contribution is -2.07. The predicted octanol–water partition coefficient (Wildman–Crippen LogP) is 12.2. The molecule has 0 spiro atoms. The highest BCUT2D eigenvalue weighted by Gasteiger charge is 2.23. The molecule has 0 aliphatic heterocycles. The molecule has 0 N–H and O–H groups in total. The molecular formula is C50H32N6. The SMILES string of the molecule is c1ccc(-c2cc(-n3c4ccccc4c4ccc5c(ccn5-c5ccccc5)c43)nc(-n3c4ccccc4c4ccc5c(ccn5-c5ccccc5)c43)n2)cc1. The van der Waals surface area contributed by atoms with E-state index in [2.05, 4.69) is 213 Å². The first-order chi connectivity index (χ1) is 27.8. The summed E-state index contributed by atoms with van der Waals surface area (Å²) >= 11 is 0. The fourth-order valence-electron chi connectivity index (χ4n) is 8.82. The van der Waals surface area contributed by atoms with E-state index in [1.165, 1.54) is 10.8 Å². The van der Waals surface area contributed by atoms with E-state index in [-0.39, 0.29) is 0 Å². The van der Waals surface area contributed by atoms with E-state index < -0.39 is 0 Å². The van der Waals surface area contributed by atoms with Crippen molar-refractivity contribution >= 4 is 65.4 Å². The average Bonchev–Trinajstić information content (AvgIpc) is 4.05. The minimum Gasteiger partial charge on any atom is -0.316 e. The summed E-state index contributed by atoms with van der Waals surface area (Å²) in [4.78, 5) is 11.0. The first-order valence-electron chi connectivity index (χ1n) is 18.9. The lowest BCUT2D eigenvalue weighted by atomic mass is 10.1. The molecule has 0 aliphatic carbocycles. The monoisotopic (exact) mass is 716 g/mol. The van der Waals surface area contributed by atoms with Crippen molar-refractivity contribution in [2.75, 3.05) is 0 Å². The third-order valence-corrected chi connectivity index (χ3v) is 11.3. The van der Waals surface area contributed by atoms with Gasteiger partial charge >= 0.3 is 0 Å². The Balaban J connectivity index is 1.20. The van der Waals surface area contributed by atoms with Crippen molar-refractivity contribution in [3.05, 3.63) is 194 Å². The summed E-state index contributed by atoms with van der Waals surface area (Å²) < 4.78 is 9.14. The largest absolute Gasteiger partial charge is 0.316 e. The van der Waals surface area contributed by atoms with E-state index >= 15 is 0 Å². The van der Waals surface area contributed by atoms with Crippen LogP contribution in [0.25, 0.3) is 99.8 Å². The van der Waals surface area contributed by atoms with Crippen LogP contribution in [0, 0.1) is 0 Å². The Hall–Kier alpha value is -7.70. The van der Waals surface area contributed by atoms with E-state index in [1.54, 1.807) is 0 Å². The van der Waals surface area contributed by atoms with Crippen LogP contribution < -0.4 is 0 Å². The molecule has 12 aromatic rings. The molecule has 0 unspecified atom stereocenters. The fourth-order valence-corrected chi connectivity index (χ4v) is 8.82. The number of aromatic nitrogens is 6. The molecule has 12 rings (SSSR count). The standard InChI is InChI=1S/C50H32N6/c1-4-14-33(15-5-1)42-32-47(55-45-22-12-10-20-36(45)38-24-26-43-40(48(38)55)28-30-53(43)34-16-6-2-7-17-34)52-50(51-42)56-46-23-13-11-21-37(46)39-25-27-44-41(49(39)56)29-31-54(44)35-18-8-3-9-19-35/h1-32H. The van der Waals surface area contributed by atoms with Crippen molar-refractivity contribution in [2.24, 2.45) is 0 Å². The fraction of sp³-hybridized carbons (Fsp3) is 0. The topological polar surface area (TPSA) is 45.5 Å². The van der Waals surface area contributed by atoms with Crippen molar-refractivity contribution in [1.29, 1.82) is 0 Å². The van der Waals surface area contributed by atoms with E-state index in [1.807, 2.05) is 0 Å². The van der Waals surface area contributed by atoms with Gasteiger partial charge in [-0.25, -0.2) is 4.98 Å². The molecule has 6 heteroatoms. The maximum atomic E-state index is 5.59. The van der Waals surface area contributed by atoms with Gasteiger partial charge in [0, 0.05) is 67.7 Å². The third-order valence-electron chi connectivity index (χ3n) is 11.3. The van der Waals surface area contributed by atoms with E-state index in [0.29, 0.717) is 5.95 Å². The van der Waals surface area contributed by atoms with Gasteiger partial charge in [-0.2, -0.15) is 4.98 Å². The summed E-state index contributed by atoms with van der Waals surface area (Å²) in [5.74, 6) is 1.42. The molecule has 7 aromatic carbocycles. The maximum absolute atomic E-state index is 5.59. The van der Waals surface area contributed by atoms with Crippen molar-refractivity contribution < 1.29 is 0 Å². The maximum Gasteiger partial charge on any atom is 0.237 e. The van der Waals surface area contributed by atoms with Crippen LogP contribution in [0.3, 0.4) is 0 Å². The van der Waals surface area contributed by atoms with Gasteiger partial charge in [-0.15, -0.1) is 0 Å². The molecule has 5 aromatic heterocycles. The lowest BCUT2D eigenvalue weighted by Gasteiger charge is -2.14. The molecule has 262 valence electrons. The average molecular weight is 717 g/mol. The Morgan fingerprint density at radius 3 is 1.39 bits per heavy atom. The second-order valence-corrected chi connectivity index (χ2v) is 14.3. The molecule has 0 radical (unpaired) electrons. The smallest absolute Gasteiger partial charge is 0.237 e. The van der Waals surface area contributed by atoms with Crippen LogP contribution in [-0.4, -0.2) is 28.2 Å². The second kappa shape index (κ2) is 11.9. The lowest BCUT2D eigenvalue weighted by molar-refractivity contribution is 0.954. The van der Waals surface area contributed by atoms with Gasteiger partial charge in [0.25, 0.3) is 0 Å². The highest BCUT2D eigenvalue weighted by atomic mass is 15.2. The Morgan fingerprint density at radius 1 is 0.339 bits per heavy atom. The molecule has 0 bridgehead atoms. The van der Waals surface area contributed by atoms with Crippen LogP contribution in [0.2, 0.25) is 0 Å². The number of fused-ring (bicyclic) bond motifs is 10. The van der Waals surface area contributed by atoms with Gasteiger partial charge in [0.15, 0.2) is 0 Å². The summed E-state index contributed by atoms with van der Waals surface area (Å²) in [6.45, 7) is 0. The number of benzene rings is 7. The van der Waals surface area contributed by atoms with Crippen LogP contribution in [0.15, 0.2) is 194 Å². The first kappa shape index (κ1) is 30.7. The Kier molecular flexibility index (Phi) is 6.53. The molecule has 0 saturated heterocycles. The molecule has 56 heavy (non-hydrogen) atoms. The first-order valence-corrected chi connectivity index (χ1v) is 18.9. The minimum atomic E-state index is 0.618. The summed E-state index contributed by atoms with van der Waals surface area (Å²) in [6.07, 6.45) is 4.34. The van der Waals surface area contributed by atoms with Crippen LogP contribution in [-0.2, 0) is 0 Å². The van der Waals surface area contributed by atoms with Crippen LogP contribution in [0.1, 0.15) is 0 Å². The Morgan fingerprint density at radius 2 is 0.821 bits per heavy atom. The molecule has 5 heterocycles. The van der Waals surface area contributed by atoms with Crippen molar-refractivity contribution in [2.45, 2.75) is 0 Å². The van der Waals surface area contributed by atoms with Gasteiger partial charge < -0.3 is 9.13 Å². The van der Waals surface area contributed by atoms with E-state index in [9.17, 15) is 0 Å². The van der Waals surface area contributed by atoms with Gasteiger partial charge in [0.05, 0.1) is 38.8 Å². The Bertz CT molecular complexity index is 3250. The van der Waals surface area contributed by atoms with E-state index in [4.69, 9.17) is 9.97 Å². The summed E-state index contributed by atoms with van der Waals surface area (Å²) in [5, 5.41) is 6.98. The van der Waals surface area contributed by atoms with Crippen molar-refractivity contribution in [1.82, 2.24) is 28.2 Å². The zero-order valence-corrected chi connectivity index (χ0v) is 30.2. The van der Waals surface area contributed by atoms with Crippen molar-refractivity contribution in [3.8, 4) is 34.4 Å². The van der Waals surface area contributed by atoms with Gasteiger partial charge in [-0.05, 0) is 60.7 Å². The third kappa shape index (κ3) is 4.44. The van der Waals surface area contributed by atoms with Crippen molar-refractivity contribution in [3.63, 3.8) is 0 Å². The number of para-hydroxylation sites is 4. The van der Waals surface area contributed by atoms with Gasteiger partial charge in [0.1, 0.15) is 5.82 Å². The van der Waals surface area contributed by atoms with E-state index in [0.717, 1.165) is 83.1 Å². The summed E-state index contributed by atoms with van der Waals surface area (Å²) in [7, 11) is 0. The molecule has 6 nitrogen and oxygen atoms in total. The quantitative estimate of drug-likeness (QED) is 0.178. The van der Waals surface area contributed by atoms with Gasteiger partial charge in [-0.1, -0.05) is 115 Å². The molecule has 0 fully saturated rings. The number of nitrogens with zero attached hydrogens (tertiary/aromatic N) is 6. The Labute approximate surface area is 321 Å². The summed E-state index contributed by atoms with van der Waals surface area (Å²) in [5.41, 5.74) is 10.7. The number of hydrogen-bond acceptors (Lipinski definition) is 2. The molecule has 0 atom stereocenters. The number of hydrogen-bond donors (Lipinski definition) is 0. The molecule has 0 amide bonds. The second-order valence-electron chi connectivity index (χ2n) is 14.3. The van der Waals surface area contributed by atoms with Crippen LogP contribution in [0.4, 0.5) is 0 Å². The minimum absolute atomic E-state index is 0.618. The summed E-state index contributed by atoms with van der Waals surface area (Å²) in [6, 6.07) is 64.4. The molecule has 0 aliphatic rings. The highest BCUT2D eigenvalue weighted by molar-refractivity contribution is 6.19. The highest BCUT2D eigenvalue weighted by Crippen LogP contribution is 2.40. The molecular weight excluding hydrogens is 685 g/mol. The zero-order valence-electron chi connectivity index (χ0n) is 30.2. The zero-order chi connectivity index (χ0) is 36.7. The number of rotatable bonds is 5. The van der Waals surface area contributed by atoms with Crippen LogP contribution >= 0.6 is 0 Å².